The van der Waals surface area contributed by atoms with Crippen molar-refractivity contribution in [3.63, 3.8) is 0 Å². The quantitative estimate of drug-likeness (QED) is 0.815. The molecule has 2 saturated heterocycles. The van der Waals surface area contributed by atoms with Gasteiger partial charge >= 0.3 is 6.03 Å². The number of amides is 4. The van der Waals surface area contributed by atoms with E-state index in [-0.39, 0.29) is 24.3 Å². The predicted molar refractivity (Wildman–Crippen MR) is 92.2 cm³/mol. The summed E-state index contributed by atoms with van der Waals surface area (Å²) in [5.74, 6) is -0.479. The largest absolute Gasteiger partial charge is 0.381 e. The topological polar surface area (TPSA) is 87.7 Å². The minimum atomic E-state index is -0.911. The maximum absolute atomic E-state index is 12.7. The van der Waals surface area contributed by atoms with E-state index in [1.54, 1.807) is 0 Å². The number of nitrogens with one attached hydrogen (secondary N) is 2. The highest BCUT2D eigenvalue weighted by atomic mass is 16.5. The van der Waals surface area contributed by atoms with Gasteiger partial charge in [0.1, 0.15) is 12.1 Å². The Kier molecular flexibility index (Phi) is 4.76. The lowest BCUT2D eigenvalue weighted by atomic mass is 9.90. The molecule has 3 rings (SSSR count). The van der Waals surface area contributed by atoms with Crippen molar-refractivity contribution in [3.8, 4) is 0 Å². The van der Waals surface area contributed by atoms with Gasteiger partial charge in [-0.2, -0.15) is 0 Å². The van der Waals surface area contributed by atoms with E-state index < -0.39 is 11.6 Å². The molecule has 0 bridgehead atoms. The number of urea groups is 1. The average Bonchev–Trinajstić information content (AvgIpc) is 2.80. The van der Waals surface area contributed by atoms with Crippen LogP contribution in [0.4, 0.5) is 10.5 Å². The van der Waals surface area contributed by atoms with Gasteiger partial charge in [0.25, 0.3) is 5.91 Å². The molecular weight excluding hydrogens is 322 g/mol. The number of ether oxygens (including phenoxy) is 1. The summed E-state index contributed by atoms with van der Waals surface area (Å²) in [7, 11) is 0. The van der Waals surface area contributed by atoms with Crippen molar-refractivity contribution < 1.29 is 19.1 Å². The van der Waals surface area contributed by atoms with E-state index in [2.05, 4.69) is 10.6 Å². The van der Waals surface area contributed by atoms with Crippen LogP contribution in [0, 0.1) is 0 Å². The fraction of sp³-hybridized carbons (Fsp3) is 0.500. The zero-order valence-corrected chi connectivity index (χ0v) is 14.5. The maximum atomic E-state index is 12.7. The molecule has 2 fully saturated rings. The smallest absolute Gasteiger partial charge is 0.325 e. The Morgan fingerprint density at radius 3 is 2.64 bits per heavy atom. The molecule has 4 amide bonds. The lowest BCUT2D eigenvalue weighted by molar-refractivity contribution is -0.136. The molecule has 7 nitrogen and oxygen atoms in total. The van der Waals surface area contributed by atoms with Crippen LogP contribution in [0.15, 0.2) is 24.3 Å². The Bertz CT molecular complexity index is 695. The fourth-order valence-electron chi connectivity index (χ4n) is 3.33. The van der Waals surface area contributed by atoms with Gasteiger partial charge in [-0.05, 0) is 17.5 Å². The monoisotopic (exact) mass is 345 g/mol. The lowest BCUT2D eigenvalue weighted by Crippen LogP contribution is -2.51. The van der Waals surface area contributed by atoms with Crippen molar-refractivity contribution in [1.82, 2.24) is 10.2 Å². The molecule has 0 unspecified atom stereocenters. The number of benzene rings is 1. The molecule has 1 aromatic rings. The average molecular weight is 345 g/mol. The second kappa shape index (κ2) is 6.84. The van der Waals surface area contributed by atoms with Gasteiger partial charge in [-0.1, -0.05) is 32.0 Å². The number of hydrogen-bond donors (Lipinski definition) is 2. The van der Waals surface area contributed by atoms with Crippen LogP contribution < -0.4 is 10.6 Å². The molecule has 7 heteroatoms. The van der Waals surface area contributed by atoms with Gasteiger partial charge in [0, 0.05) is 31.7 Å². The number of imide groups is 1. The Hall–Kier alpha value is -2.41. The van der Waals surface area contributed by atoms with Gasteiger partial charge < -0.3 is 15.4 Å². The standard InChI is InChI=1S/C18H23N3O4/c1-12(2)13-5-3-4-6-14(13)19-15(22)11-21-16(23)18(20-17(21)24)7-9-25-10-8-18/h3-6,12H,7-11H2,1-2H3,(H,19,22)(H,20,24). The third kappa shape index (κ3) is 3.37. The van der Waals surface area contributed by atoms with Crippen molar-refractivity contribution in [2.45, 2.75) is 38.1 Å². The van der Waals surface area contributed by atoms with Gasteiger partial charge in [-0.25, -0.2) is 4.79 Å². The normalized spacial score (nSPS) is 19.4. The molecule has 0 saturated carbocycles. The van der Waals surface area contributed by atoms with Crippen molar-refractivity contribution in [2.75, 3.05) is 25.1 Å². The molecule has 0 aromatic heterocycles. The summed E-state index contributed by atoms with van der Waals surface area (Å²) >= 11 is 0. The highest BCUT2D eigenvalue weighted by Gasteiger charge is 2.52. The van der Waals surface area contributed by atoms with Crippen molar-refractivity contribution >= 4 is 23.5 Å². The number of carbonyl (C=O) groups excluding carboxylic acids is 3. The molecule has 2 N–H and O–H groups in total. The van der Waals surface area contributed by atoms with Gasteiger partial charge in [0.15, 0.2) is 0 Å². The molecular formula is C18H23N3O4. The molecule has 2 aliphatic heterocycles. The Labute approximate surface area is 146 Å². The molecule has 1 aromatic carbocycles. The third-order valence-corrected chi connectivity index (χ3v) is 4.75. The summed E-state index contributed by atoms with van der Waals surface area (Å²) in [5.41, 5.74) is 0.801. The second-order valence-corrected chi connectivity index (χ2v) is 6.81. The summed E-state index contributed by atoms with van der Waals surface area (Å²) in [4.78, 5) is 38.3. The fourth-order valence-corrected chi connectivity index (χ4v) is 3.33. The first-order valence-electron chi connectivity index (χ1n) is 8.53. The molecule has 0 aliphatic carbocycles. The van der Waals surface area contributed by atoms with Gasteiger partial charge in [-0.3, -0.25) is 14.5 Å². The van der Waals surface area contributed by atoms with Crippen LogP contribution in [-0.2, 0) is 14.3 Å². The maximum Gasteiger partial charge on any atom is 0.325 e. The van der Waals surface area contributed by atoms with Crippen LogP contribution in [-0.4, -0.2) is 48.0 Å². The van der Waals surface area contributed by atoms with Gasteiger partial charge in [0.05, 0.1) is 0 Å². The van der Waals surface area contributed by atoms with Crippen molar-refractivity contribution in [3.05, 3.63) is 29.8 Å². The zero-order valence-electron chi connectivity index (χ0n) is 14.5. The first-order chi connectivity index (χ1) is 11.9. The van der Waals surface area contributed by atoms with E-state index in [0.717, 1.165) is 10.5 Å². The van der Waals surface area contributed by atoms with Crippen LogP contribution in [0.3, 0.4) is 0 Å². The highest BCUT2D eigenvalue weighted by Crippen LogP contribution is 2.28. The van der Waals surface area contributed by atoms with E-state index in [0.29, 0.717) is 31.7 Å². The van der Waals surface area contributed by atoms with E-state index in [1.807, 2.05) is 38.1 Å². The van der Waals surface area contributed by atoms with Crippen LogP contribution in [0.5, 0.6) is 0 Å². The van der Waals surface area contributed by atoms with Crippen LogP contribution >= 0.6 is 0 Å². The summed E-state index contributed by atoms with van der Waals surface area (Å²) in [5, 5.41) is 5.56. The summed E-state index contributed by atoms with van der Waals surface area (Å²) < 4.78 is 5.27. The van der Waals surface area contributed by atoms with E-state index in [4.69, 9.17) is 4.74 Å². The predicted octanol–water partition coefficient (Wildman–Crippen LogP) is 1.85. The molecule has 2 heterocycles. The number of rotatable bonds is 4. The van der Waals surface area contributed by atoms with E-state index in [1.165, 1.54) is 0 Å². The zero-order chi connectivity index (χ0) is 18.0. The van der Waals surface area contributed by atoms with E-state index >= 15 is 0 Å². The number of nitrogens with zero attached hydrogens (tertiary/aromatic N) is 1. The Morgan fingerprint density at radius 1 is 1.28 bits per heavy atom. The number of carbonyl (C=O) groups is 3. The summed E-state index contributed by atoms with van der Waals surface area (Å²) in [6.07, 6.45) is 0.873. The molecule has 1 spiro atoms. The van der Waals surface area contributed by atoms with Gasteiger partial charge in [0.2, 0.25) is 5.91 Å². The van der Waals surface area contributed by atoms with E-state index in [9.17, 15) is 14.4 Å². The molecule has 0 radical (unpaired) electrons. The van der Waals surface area contributed by atoms with Crippen LogP contribution in [0.1, 0.15) is 38.2 Å². The number of para-hydroxylation sites is 1. The van der Waals surface area contributed by atoms with Crippen LogP contribution in [0.25, 0.3) is 0 Å². The summed E-state index contributed by atoms with van der Waals surface area (Å²) in [6, 6.07) is 7.01. The Balaban J connectivity index is 1.69. The molecule has 0 atom stereocenters. The van der Waals surface area contributed by atoms with Crippen molar-refractivity contribution in [2.24, 2.45) is 0 Å². The lowest BCUT2D eigenvalue weighted by Gasteiger charge is -2.30. The third-order valence-electron chi connectivity index (χ3n) is 4.75. The second-order valence-electron chi connectivity index (χ2n) is 6.81. The first-order valence-corrected chi connectivity index (χ1v) is 8.53. The summed E-state index contributed by atoms with van der Waals surface area (Å²) in [6.45, 7) is 4.63. The minimum Gasteiger partial charge on any atom is -0.381 e. The van der Waals surface area contributed by atoms with Crippen molar-refractivity contribution in [1.29, 1.82) is 0 Å². The number of anilines is 1. The Morgan fingerprint density at radius 2 is 1.96 bits per heavy atom. The molecule has 2 aliphatic rings. The minimum absolute atomic E-state index is 0.249. The van der Waals surface area contributed by atoms with Gasteiger partial charge in [-0.15, -0.1) is 0 Å². The molecule has 25 heavy (non-hydrogen) atoms. The molecule has 134 valence electrons. The van der Waals surface area contributed by atoms with Crippen LogP contribution in [0.2, 0.25) is 0 Å². The highest BCUT2D eigenvalue weighted by molar-refractivity contribution is 6.10. The number of hydrogen-bond acceptors (Lipinski definition) is 4. The first kappa shape index (κ1) is 17.4. The SMILES string of the molecule is CC(C)c1ccccc1NC(=O)CN1C(=O)NC2(CCOCC2)C1=O.